The molecule has 0 fully saturated rings. The first kappa shape index (κ1) is 10.8. The van der Waals surface area contributed by atoms with Gasteiger partial charge in [0.2, 0.25) is 0 Å². The number of ether oxygens (including phenoxy) is 1. The van der Waals surface area contributed by atoms with Gasteiger partial charge in [-0.2, -0.15) is 0 Å². The van der Waals surface area contributed by atoms with E-state index in [1.165, 1.54) is 5.56 Å². The van der Waals surface area contributed by atoms with Crippen molar-refractivity contribution in [3.8, 4) is 5.75 Å². The Bertz CT molecular complexity index is 318. The van der Waals surface area contributed by atoms with E-state index in [1.807, 2.05) is 26.0 Å². The molecule has 0 saturated carbocycles. The molecule has 1 unspecified atom stereocenters. The molecule has 1 rings (SSSR count). The molecule has 2 heteroatoms. The summed E-state index contributed by atoms with van der Waals surface area (Å²) < 4.78 is 5.50. The maximum atomic E-state index is 5.85. The maximum absolute atomic E-state index is 5.85. The third-order valence-corrected chi connectivity index (χ3v) is 2.01. The van der Waals surface area contributed by atoms with Crippen molar-refractivity contribution in [1.29, 1.82) is 0 Å². The molecule has 0 heterocycles. The summed E-state index contributed by atoms with van der Waals surface area (Å²) in [6, 6.07) is 6.03. The topological polar surface area (TPSA) is 35.2 Å². The summed E-state index contributed by atoms with van der Waals surface area (Å²) in [6.07, 6.45) is 1.73. The fourth-order valence-corrected chi connectivity index (χ4v) is 1.30. The van der Waals surface area contributed by atoms with Crippen molar-refractivity contribution in [1.82, 2.24) is 0 Å². The standard InChI is InChI=1S/C12H17NO/c1-4-7-14-12-6-5-9(2)8-11(12)10(3)13/h4-6,8,10H,1,7,13H2,2-3H3. The Morgan fingerprint density at radius 2 is 2.29 bits per heavy atom. The largest absolute Gasteiger partial charge is 0.489 e. The second-order valence-corrected chi connectivity index (χ2v) is 3.43. The van der Waals surface area contributed by atoms with Crippen LogP contribution in [-0.4, -0.2) is 6.61 Å². The lowest BCUT2D eigenvalue weighted by atomic mass is 10.1. The van der Waals surface area contributed by atoms with Gasteiger partial charge in [0.25, 0.3) is 0 Å². The minimum Gasteiger partial charge on any atom is -0.489 e. The molecule has 0 aliphatic rings. The zero-order chi connectivity index (χ0) is 10.6. The van der Waals surface area contributed by atoms with Crippen LogP contribution in [0.5, 0.6) is 5.75 Å². The number of aryl methyl sites for hydroxylation is 1. The molecule has 76 valence electrons. The molecule has 0 aromatic heterocycles. The van der Waals surface area contributed by atoms with E-state index < -0.39 is 0 Å². The van der Waals surface area contributed by atoms with Crippen LogP contribution in [-0.2, 0) is 0 Å². The van der Waals surface area contributed by atoms with Crippen molar-refractivity contribution in [2.24, 2.45) is 5.73 Å². The summed E-state index contributed by atoms with van der Waals surface area (Å²) in [5, 5.41) is 0. The van der Waals surface area contributed by atoms with Crippen LogP contribution in [0.15, 0.2) is 30.9 Å². The van der Waals surface area contributed by atoms with Crippen molar-refractivity contribution in [3.63, 3.8) is 0 Å². The molecule has 0 aliphatic heterocycles. The van der Waals surface area contributed by atoms with Gasteiger partial charge < -0.3 is 10.5 Å². The Labute approximate surface area is 85.4 Å². The average Bonchev–Trinajstić information content (AvgIpc) is 2.15. The van der Waals surface area contributed by atoms with Gasteiger partial charge in [-0.3, -0.25) is 0 Å². The highest BCUT2D eigenvalue weighted by atomic mass is 16.5. The summed E-state index contributed by atoms with van der Waals surface area (Å²) in [7, 11) is 0. The molecule has 2 N–H and O–H groups in total. The normalized spacial score (nSPS) is 12.2. The number of hydrogen-bond acceptors (Lipinski definition) is 2. The quantitative estimate of drug-likeness (QED) is 0.742. The zero-order valence-electron chi connectivity index (χ0n) is 8.79. The fraction of sp³-hybridized carbons (Fsp3) is 0.333. The maximum Gasteiger partial charge on any atom is 0.124 e. The lowest BCUT2D eigenvalue weighted by molar-refractivity contribution is 0.357. The molecule has 1 aromatic carbocycles. The van der Waals surface area contributed by atoms with Gasteiger partial charge in [-0.25, -0.2) is 0 Å². The number of benzene rings is 1. The number of hydrogen-bond donors (Lipinski definition) is 1. The van der Waals surface area contributed by atoms with Crippen molar-refractivity contribution >= 4 is 0 Å². The first-order valence-electron chi connectivity index (χ1n) is 4.75. The fourth-order valence-electron chi connectivity index (χ4n) is 1.30. The van der Waals surface area contributed by atoms with E-state index in [1.54, 1.807) is 6.08 Å². The summed E-state index contributed by atoms with van der Waals surface area (Å²) in [5.41, 5.74) is 8.09. The zero-order valence-corrected chi connectivity index (χ0v) is 8.79. The van der Waals surface area contributed by atoms with Gasteiger partial charge in [-0.15, -0.1) is 0 Å². The third kappa shape index (κ3) is 2.60. The summed E-state index contributed by atoms with van der Waals surface area (Å²) in [5.74, 6) is 0.852. The van der Waals surface area contributed by atoms with Crippen molar-refractivity contribution in [2.75, 3.05) is 6.61 Å². The highest BCUT2D eigenvalue weighted by molar-refractivity contribution is 5.38. The monoisotopic (exact) mass is 191 g/mol. The summed E-state index contributed by atoms with van der Waals surface area (Å²) in [4.78, 5) is 0. The van der Waals surface area contributed by atoms with Gasteiger partial charge in [0, 0.05) is 11.6 Å². The van der Waals surface area contributed by atoms with Crippen LogP contribution in [0.25, 0.3) is 0 Å². The van der Waals surface area contributed by atoms with E-state index >= 15 is 0 Å². The Balaban J connectivity index is 2.95. The average molecular weight is 191 g/mol. The highest BCUT2D eigenvalue weighted by Gasteiger charge is 2.07. The van der Waals surface area contributed by atoms with E-state index in [-0.39, 0.29) is 6.04 Å². The van der Waals surface area contributed by atoms with E-state index in [4.69, 9.17) is 10.5 Å². The van der Waals surface area contributed by atoms with Crippen LogP contribution < -0.4 is 10.5 Å². The second kappa shape index (κ2) is 4.82. The van der Waals surface area contributed by atoms with E-state index in [0.717, 1.165) is 11.3 Å². The molecule has 0 spiro atoms. The predicted molar refractivity (Wildman–Crippen MR) is 59.5 cm³/mol. The van der Waals surface area contributed by atoms with E-state index in [2.05, 4.69) is 12.6 Å². The van der Waals surface area contributed by atoms with Crippen molar-refractivity contribution in [2.45, 2.75) is 19.9 Å². The Morgan fingerprint density at radius 1 is 1.57 bits per heavy atom. The Morgan fingerprint density at radius 3 is 2.86 bits per heavy atom. The number of rotatable bonds is 4. The lowest BCUT2D eigenvalue weighted by Gasteiger charge is -2.13. The van der Waals surface area contributed by atoms with Crippen LogP contribution in [0.1, 0.15) is 24.1 Å². The molecular weight excluding hydrogens is 174 g/mol. The molecule has 0 aliphatic carbocycles. The van der Waals surface area contributed by atoms with Gasteiger partial charge in [0.1, 0.15) is 12.4 Å². The minimum atomic E-state index is -0.00489. The number of nitrogens with two attached hydrogens (primary N) is 1. The van der Waals surface area contributed by atoms with Crippen LogP contribution in [0.4, 0.5) is 0 Å². The molecule has 0 saturated heterocycles. The van der Waals surface area contributed by atoms with Crippen molar-refractivity contribution < 1.29 is 4.74 Å². The molecule has 1 aromatic rings. The lowest BCUT2D eigenvalue weighted by Crippen LogP contribution is -2.08. The second-order valence-electron chi connectivity index (χ2n) is 3.43. The Hall–Kier alpha value is -1.28. The first-order valence-corrected chi connectivity index (χ1v) is 4.75. The van der Waals surface area contributed by atoms with Crippen LogP contribution in [0.2, 0.25) is 0 Å². The van der Waals surface area contributed by atoms with Crippen molar-refractivity contribution in [3.05, 3.63) is 42.0 Å². The van der Waals surface area contributed by atoms with E-state index in [0.29, 0.717) is 6.61 Å². The van der Waals surface area contributed by atoms with Crippen LogP contribution in [0.3, 0.4) is 0 Å². The molecule has 1 atom stereocenters. The van der Waals surface area contributed by atoms with Gasteiger partial charge in [-0.05, 0) is 19.9 Å². The van der Waals surface area contributed by atoms with Gasteiger partial charge in [-0.1, -0.05) is 30.4 Å². The third-order valence-electron chi connectivity index (χ3n) is 2.01. The minimum absolute atomic E-state index is 0.00489. The molecular formula is C12H17NO. The van der Waals surface area contributed by atoms with Gasteiger partial charge >= 0.3 is 0 Å². The highest BCUT2D eigenvalue weighted by Crippen LogP contribution is 2.24. The molecule has 0 radical (unpaired) electrons. The molecule has 0 amide bonds. The first-order chi connectivity index (χ1) is 6.65. The van der Waals surface area contributed by atoms with E-state index in [9.17, 15) is 0 Å². The van der Waals surface area contributed by atoms with Gasteiger partial charge in [0.15, 0.2) is 0 Å². The summed E-state index contributed by atoms with van der Waals surface area (Å²) >= 11 is 0. The molecule has 2 nitrogen and oxygen atoms in total. The van der Waals surface area contributed by atoms with Crippen LogP contribution in [0, 0.1) is 6.92 Å². The van der Waals surface area contributed by atoms with Gasteiger partial charge in [0.05, 0.1) is 0 Å². The summed E-state index contributed by atoms with van der Waals surface area (Å²) in [6.45, 7) is 8.13. The van der Waals surface area contributed by atoms with Crippen LogP contribution >= 0.6 is 0 Å². The predicted octanol–water partition coefficient (Wildman–Crippen LogP) is 2.58. The SMILES string of the molecule is C=CCOc1ccc(C)cc1C(C)N. The molecule has 0 bridgehead atoms. The Kier molecular flexibility index (Phi) is 3.72. The smallest absolute Gasteiger partial charge is 0.124 e. The molecule has 14 heavy (non-hydrogen) atoms.